The second kappa shape index (κ2) is 4.88. The standard InChI is InChI=1S/C15H14ClNO2S/c1-11-2-8-14(9-3-11)20(18,19)17-10-15(17)12-4-6-13(16)7-5-12/h2-9,15H,10H2,1H3. The van der Waals surface area contributed by atoms with E-state index in [2.05, 4.69) is 0 Å². The first-order chi connectivity index (χ1) is 9.48. The smallest absolute Gasteiger partial charge is 0.207 e. The maximum Gasteiger partial charge on any atom is 0.243 e. The van der Waals surface area contributed by atoms with Gasteiger partial charge in [-0.15, -0.1) is 0 Å². The molecule has 104 valence electrons. The molecule has 0 saturated carbocycles. The SMILES string of the molecule is Cc1ccc(S(=O)(=O)N2CC2c2ccc(Cl)cc2)cc1. The van der Waals surface area contributed by atoms with Crippen LogP contribution < -0.4 is 0 Å². The van der Waals surface area contributed by atoms with Gasteiger partial charge in [-0.1, -0.05) is 41.4 Å². The molecule has 2 aromatic rings. The highest BCUT2D eigenvalue weighted by atomic mass is 35.5. The molecule has 1 saturated heterocycles. The highest BCUT2D eigenvalue weighted by Crippen LogP contribution is 2.40. The lowest BCUT2D eigenvalue weighted by atomic mass is 10.2. The summed E-state index contributed by atoms with van der Waals surface area (Å²) in [5.41, 5.74) is 2.02. The minimum absolute atomic E-state index is 0.0708. The average Bonchev–Trinajstić information content (AvgIpc) is 3.21. The van der Waals surface area contributed by atoms with Crippen LogP contribution in [0.2, 0.25) is 5.02 Å². The molecule has 0 spiro atoms. The largest absolute Gasteiger partial charge is 0.243 e. The van der Waals surface area contributed by atoms with Crippen LogP contribution in [0, 0.1) is 6.92 Å². The summed E-state index contributed by atoms with van der Waals surface area (Å²) < 4.78 is 26.4. The lowest BCUT2D eigenvalue weighted by Crippen LogP contribution is -2.12. The number of benzene rings is 2. The van der Waals surface area contributed by atoms with Gasteiger partial charge in [-0.25, -0.2) is 8.42 Å². The Kier molecular flexibility index (Phi) is 3.32. The third-order valence-corrected chi connectivity index (χ3v) is 5.59. The quantitative estimate of drug-likeness (QED) is 0.815. The van der Waals surface area contributed by atoms with Gasteiger partial charge in [0, 0.05) is 11.6 Å². The van der Waals surface area contributed by atoms with Crippen molar-refractivity contribution in [2.75, 3.05) is 6.54 Å². The average molecular weight is 308 g/mol. The molecule has 2 unspecified atom stereocenters. The molecule has 0 N–H and O–H groups in total. The fourth-order valence-electron chi connectivity index (χ4n) is 2.19. The number of nitrogens with zero attached hydrogens (tertiary/aromatic N) is 1. The molecular formula is C15H14ClNO2S. The summed E-state index contributed by atoms with van der Waals surface area (Å²) in [5, 5.41) is 0.655. The number of rotatable bonds is 3. The second-order valence-corrected chi connectivity index (χ2v) is 7.28. The van der Waals surface area contributed by atoms with Gasteiger partial charge in [-0.05, 0) is 36.8 Å². The summed E-state index contributed by atoms with van der Waals surface area (Å²) in [5.74, 6) is 0. The van der Waals surface area contributed by atoms with Gasteiger partial charge in [0.05, 0.1) is 10.9 Å². The minimum atomic E-state index is -3.39. The maximum absolute atomic E-state index is 12.5. The van der Waals surface area contributed by atoms with Crippen LogP contribution in [-0.4, -0.2) is 19.3 Å². The van der Waals surface area contributed by atoms with Crippen molar-refractivity contribution in [2.45, 2.75) is 17.9 Å². The van der Waals surface area contributed by atoms with E-state index in [1.807, 2.05) is 31.2 Å². The minimum Gasteiger partial charge on any atom is -0.207 e. The molecular weight excluding hydrogens is 294 g/mol. The van der Waals surface area contributed by atoms with Crippen LogP contribution in [0.25, 0.3) is 0 Å². The zero-order chi connectivity index (χ0) is 14.3. The van der Waals surface area contributed by atoms with Gasteiger partial charge in [-0.3, -0.25) is 0 Å². The molecule has 1 aliphatic rings. The molecule has 0 aromatic heterocycles. The highest BCUT2D eigenvalue weighted by molar-refractivity contribution is 7.89. The van der Waals surface area contributed by atoms with Crippen LogP contribution in [0.1, 0.15) is 17.2 Å². The zero-order valence-electron chi connectivity index (χ0n) is 11.0. The zero-order valence-corrected chi connectivity index (χ0v) is 12.5. The Morgan fingerprint density at radius 1 is 1.05 bits per heavy atom. The van der Waals surface area contributed by atoms with Crippen LogP contribution in [0.15, 0.2) is 53.4 Å². The van der Waals surface area contributed by atoms with E-state index >= 15 is 0 Å². The predicted molar refractivity (Wildman–Crippen MR) is 79.3 cm³/mol. The Morgan fingerprint density at radius 3 is 2.25 bits per heavy atom. The van der Waals surface area contributed by atoms with Crippen molar-refractivity contribution in [2.24, 2.45) is 0 Å². The van der Waals surface area contributed by atoms with Crippen molar-refractivity contribution in [1.82, 2.24) is 4.31 Å². The van der Waals surface area contributed by atoms with Crippen LogP contribution in [-0.2, 0) is 10.0 Å². The number of sulfonamides is 1. The Bertz CT molecular complexity index is 723. The van der Waals surface area contributed by atoms with Crippen molar-refractivity contribution < 1.29 is 8.42 Å². The molecule has 0 radical (unpaired) electrons. The van der Waals surface area contributed by atoms with Crippen molar-refractivity contribution in [1.29, 1.82) is 0 Å². The summed E-state index contributed by atoms with van der Waals surface area (Å²) in [6, 6.07) is 14.2. The van der Waals surface area contributed by atoms with E-state index in [1.54, 1.807) is 24.3 Å². The van der Waals surface area contributed by atoms with Gasteiger partial charge in [0.25, 0.3) is 0 Å². The molecule has 3 nitrogen and oxygen atoms in total. The number of halogens is 1. The normalized spacial score (nSPS) is 21.7. The van der Waals surface area contributed by atoms with E-state index in [-0.39, 0.29) is 6.04 Å². The first kappa shape index (κ1) is 13.6. The van der Waals surface area contributed by atoms with E-state index in [0.717, 1.165) is 11.1 Å². The van der Waals surface area contributed by atoms with Crippen LogP contribution in [0.5, 0.6) is 0 Å². The first-order valence-electron chi connectivity index (χ1n) is 6.32. The van der Waals surface area contributed by atoms with Crippen molar-refractivity contribution in [3.63, 3.8) is 0 Å². The van der Waals surface area contributed by atoms with Crippen LogP contribution in [0.4, 0.5) is 0 Å². The Morgan fingerprint density at radius 2 is 1.65 bits per heavy atom. The van der Waals surface area contributed by atoms with Gasteiger partial charge in [-0.2, -0.15) is 4.31 Å². The molecule has 20 heavy (non-hydrogen) atoms. The maximum atomic E-state index is 12.5. The molecule has 1 aliphatic heterocycles. The molecule has 0 amide bonds. The van der Waals surface area contributed by atoms with Gasteiger partial charge in [0.2, 0.25) is 10.0 Å². The summed E-state index contributed by atoms with van der Waals surface area (Å²) in [7, 11) is -3.39. The highest BCUT2D eigenvalue weighted by Gasteiger charge is 2.45. The second-order valence-electron chi connectivity index (χ2n) is 4.96. The molecule has 0 aliphatic carbocycles. The Labute approximate surface area is 123 Å². The predicted octanol–water partition coefficient (Wildman–Crippen LogP) is 3.39. The lowest BCUT2D eigenvalue weighted by Gasteiger charge is -2.07. The third-order valence-electron chi connectivity index (χ3n) is 3.45. The van der Waals surface area contributed by atoms with E-state index in [4.69, 9.17) is 11.6 Å². The first-order valence-corrected chi connectivity index (χ1v) is 8.14. The number of hydrogen-bond acceptors (Lipinski definition) is 2. The van der Waals surface area contributed by atoms with Crippen LogP contribution >= 0.6 is 11.6 Å². The Balaban J connectivity index is 1.84. The lowest BCUT2D eigenvalue weighted by molar-refractivity contribution is 0.554. The molecule has 5 heteroatoms. The van der Waals surface area contributed by atoms with E-state index < -0.39 is 10.0 Å². The summed E-state index contributed by atoms with van der Waals surface area (Å²) in [4.78, 5) is 0.347. The van der Waals surface area contributed by atoms with Gasteiger partial charge in [0.15, 0.2) is 0 Å². The summed E-state index contributed by atoms with van der Waals surface area (Å²) >= 11 is 5.84. The molecule has 0 bridgehead atoms. The summed E-state index contributed by atoms with van der Waals surface area (Å²) in [6.45, 7) is 2.46. The fraction of sp³-hybridized carbons (Fsp3) is 0.200. The molecule has 1 heterocycles. The monoisotopic (exact) mass is 307 g/mol. The topological polar surface area (TPSA) is 37.1 Å². The Hall–Kier alpha value is -1.36. The number of hydrogen-bond donors (Lipinski definition) is 0. The van der Waals surface area contributed by atoms with Gasteiger partial charge < -0.3 is 0 Å². The fourth-order valence-corrected chi connectivity index (χ4v) is 3.86. The van der Waals surface area contributed by atoms with Crippen molar-refractivity contribution in [3.05, 3.63) is 64.7 Å². The summed E-state index contributed by atoms with van der Waals surface area (Å²) in [6.07, 6.45) is 0. The molecule has 2 aromatic carbocycles. The van der Waals surface area contributed by atoms with Crippen molar-refractivity contribution in [3.8, 4) is 0 Å². The van der Waals surface area contributed by atoms with E-state index in [0.29, 0.717) is 16.5 Å². The van der Waals surface area contributed by atoms with Crippen molar-refractivity contribution >= 4 is 21.6 Å². The van der Waals surface area contributed by atoms with E-state index in [1.165, 1.54) is 4.31 Å². The molecule has 2 atom stereocenters. The number of aryl methyl sites for hydroxylation is 1. The molecule has 1 fully saturated rings. The third kappa shape index (κ3) is 2.46. The molecule has 3 rings (SSSR count). The van der Waals surface area contributed by atoms with Crippen LogP contribution in [0.3, 0.4) is 0 Å². The van der Waals surface area contributed by atoms with E-state index in [9.17, 15) is 8.42 Å². The van der Waals surface area contributed by atoms with Gasteiger partial charge in [0.1, 0.15) is 0 Å². The van der Waals surface area contributed by atoms with Gasteiger partial charge >= 0.3 is 0 Å².